The van der Waals surface area contributed by atoms with Crippen LogP contribution >= 0.6 is 0 Å². The van der Waals surface area contributed by atoms with Gasteiger partial charge in [0.15, 0.2) is 0 Å². The van der Waals surface area contributed by atoms with Crippen LogP contribution in [0.4, 0.5) is 8.78 Å². The summed E-state index contributed by atoms with van der Waals surface area (Å²) in [5.74, 6) is 0.854. The highest BCUT2D eigenvalue weighted by Crippen LogP contribution is 2.16. The quantitative estimate of drug-likeness (QED) is 0.805. The number of hydrogen-bond acceptors (Lipinski definition) is 2. The summed E-state index contributed by atoms with van der Waals surface area (Å²) in [6, 6.07) is 16.4. The predicted molar refractivity (Wildman–Crippen MR) is 62.7 cm³/mol. The van der Waals surface area contributed by atoms with Gasteiger partial charge in [0.1, 0.15) is 18.1 Å². The van der Waals surface area contributed by atoms with Crippen molar-refractivity contribution >= 4 is 0 Å². The minimum Gasteiger partial charge on any atom is -0.489 e. The lowest BCUT2D eigenvalue weighted by Crippen LogP contribution is -2.02. The Bertz CT molecular complexity index is 469. The molecule has 0 unspecified atom stereocenters. The van der Waals surface area contributed by atoms with Crippen molar-refractivity contribution in [2.24, 2.45) is 0 Å². The van der Waals surface area contributed by atoms with Gasteiger partial charge in [0.25, 0.3) is 0 Å². The van der Waals surface area contributed by atoms with E-state index < -0.39 is 6.61 Å². The van der Waals surface area contributed by atoms with Crippen LogP contribution in [0, 0.1) is 6.07 Å². The smallest absolute Gasteiger partial charge is 0.387 e. The van der Waals surface area contributed by atoms with Gasteiger partial charge in [-0.05, 0) is 35.9 Å². The lowest BCUT2D eigenvalue weighted by atomic mass is 10.2. The first-order chi connectivity index (χ1) is 8.74. The van der Waals surface area contributed by atoms with E-state index in [9.17, 15) is 8.78 Å². The summed E-state index contributed by atoms with van der Waals surface area (Å²) in [5.41, 5.74) is 0.875. The van der Waals surface area contributed by atoms with Gasteiger partial charge in [0.2, 0.25) is 0 Å². The van der Waals surface area contributed by atoms with Gasteiger partial charge in [-0.3, -0.25) is 0 Å². The summed E-state index contributed by atoms with van der Waals surface area (Å²) in [4.78, 5) is 0. The molecule has 0 saturated heterocycles. The van der Waals surface area contributed by atoms with Crippen molar-refractivity contribution in [3.8, 4) is 11.5 Å². The molecule has 2 aromatic rings. The van der Waals surface area contributed by atoms with Gasteiger partial charge in [-0.1, -0.05) is 24.3 Å². The Kier molecular flexibility index (Phi) is 4.12. The van der Waals surface area contributed by atoms with Crippen LogP contribution in [0.15, 0.2) is 48.5 Å². The minimum absolute atomic E-state index is 0.141. The van der Waals surface area contributed by atoms with E-state index >= 15 is 0 Å². The maximum Gasteiger partial charge on any atom is 0.387 e. The van der Waals surface area contributed by atoms with E-state index in [0.717, 1.165) is 5.56 Å². The molecule has 0 heterocycles. The maximum atomic E-state index is 11.9. The summed E-state index contributed by atoms with van der Waals surface area (Å²) < 4.78 is 33.6. The average molecular weight is 249 g/mol. The van der Waals surface area contributed by atoms with E-state index in [-0.39, 0.29) is 5.75 Å². The Hall–Kier alpha value is -2.10. The van der Waals surface area contributed by atoms with Gasteiger partial charge in [-0.2, -0.15) is 8.78 Å². The first-order valence-corrected chi connectivity index (χ1v) is 5.37. The van der Waals surface area contributed by atoms with E-state index in [1.165, 1.54) is 12.1 Å². The molecular formula is C14H11F2O2. The SMILES string of the molecule is FC(F)Oc1ccc(COc2c[c]ccc2)cc1. The molecule has 0 aliphatic heterocycles. The minimum atomic E-state index is -2.80. The fourth-order valence-corrected chi connectivity index (χ4v) is 1.40. The first-order valence-electron chi connectivity index (χ1n) is 5.37. The van der Waals surface area contributed by atoms with E-state index in [1.807, 2.05) is 12.1 Å². The third-order valence-corrected chi connectivity index (χ3v) is 2.23. The molecule has 2 aromatic carbocycles. The normalized spacial score (nSPS) is 10.4. The maximum absolute atomic E-state index is 11.9. The summed E-state index contributed by atoms with van der Waals surface area (Å²) in [6.45, 7) is -2.43. The molecule has 0 aliphatic carbocycles. The van der Waals surface area contributed by atoms with Crippen molar-refractivity contribution in [3.63, 3.8) is 0 Å². The molecule has 1 radical (unpaired) electrons. The Morgan fingerprint density at radius 3 is 2.44 bits per heavy atom. The van der Waals surface area contributed by atoms with Gasteiger partial charge < -0.3 is 9.47 Å². The van der Waals surface area contributed by atoms with Gasteiger partial charge in [-0.15, -0.1) is 0 Å². The van der Waals surface area contributed by atoms with Gasteiger partial charge in [-0.25, -0.2) is 0 Å². The molecule has 4 heteroatoms. The summed E-state index contributed by atoms with van der Waals surface area (Å²) in [7, 11) is 0. The topological polar surface area (TPSA) is 18.5 Å². The predicted octanol–water partition coefficient (Wildman–Crippen LogP) is 3.67. The molecule has 93 valence electrons. The standard InChI is InChI=1S/C14H11F2O2/c15-14(16)18-13-8-6-11(7-9-13)10-17-12-4-2-1-3-5-12/h1-2,4-9,14H,10H2. The van der Waals surface area contributed by atoms with E-state index in [2.05, 4.69) is 10.8 Å². The van der Waals surface area contributed by atoms with Crippen molar-refractivity contribution in [2.75, 3.05) is 0 Å². The monoisotopic (exact) mass is 249 g/mol. The number of ether oxygens (including phenoxy) is 2. The molecule has 0 fully saturated rings. The number of benzene rings is 2. The van der Waals surface area contributed by atoms with Crippen LogP contribution in [0.5, 0.6) is 11.5 Å². The third-order valence-electron chi connectivity index (χ3n) is 2.23. The van der Waals surface area contributed by atoms with Gasteiger partial charge in [0, 0.05) is 0 Å². The lowest BCUT2D eigenvalue weighted by Gasteiger charge is -2.07. The first kappa shape index (κ1) is 12.4. The van der Waals surface area contributed by atoms with Crippen LogP contribution < -0.4 is 9.47 Å². The molecule has 0 N–H and O–H groups in total. The zero-order chi connectivity index (χ0) is 12.8. The van der Waals surface area contributed by atoms with Crippen LogP contribution in [0.2, 0.25) is 0 Å². The van der Waals surface area contributed by atoms with Crippen LogP contribution in [-0.4, -0.2) is 6.61 Å². The zero-order valence-electron chi connectivity index (χ0n) is 9.48. The Labute approximate surface area is 104 Å². The molecular weight excluding hydrogens is 238 g/mol. The van der Waals surface area contributed by atoms with E-state index in [4.69, 9.17) is 4.74 Å². The number of hydrogen-bond donors (Lipinski definition) is 0. The molecule has 0 saturated carbocycles. The van der Waals surface area contributed by atoms with Crippen LogP contribution in [-0.2, 0) is 6.61 Å². The molecule has 0 aromatic heterocycles. The van der Waals surface area contributed by atoms with E-state index in [0.29, 0.717) is 12.4 Å². The lowest BCUT2D eigenvalue weighted by molar-refractivity contribution is -0.0498. The number of rotatable bonds is 5. The largest absolute Gasteiger partial charge is 0.489 e. The molecule has 18 heavy (non-hydrogen) atoms. The second-order valence-corrected chi connectivity index (χ2v) is 3.55. The van der Waals surface area contributed by atoms with Crippen molar-refractivity contribution < 1.29 is 18.3 Å². The molecule has 0 spiro atoms. The highest BCUT2D eigenvalue weighted by atomic mass is 19.3. The van der Waals surface area contributed by atoms with E-state index in [1.54, 1.807) is 24.3 Å². The summed E-state index contributed by atoms with van der Waals surface area (Å²) in [5, 5.41) is 0. The fourth-order valence-electron chi connectivity index (χ4n) is 1.40. The summed E-state index contributed by atoms with van der Waals surface area (Å²) in [6.07, 6.45) is 0. The Morgan fingerprint density at radius 2 is 1.83 bits per heavy atom. The zero-order valence-corrected chi connectivity index (χ0v) is 9.48. The van der Waals surface area contributed by atoms with Gasteiger partial charge in [0.05, 0.1) is 0 Å². The van der Waals surface area contributed by atoms with Crippen LogP contribution in [0.25, 0.3) is 0 Å². The third kappa shape index (κ3) is 3.73. The van der Waals surface area contributed by atoms with Crippen molar-refractivity contribution in [1.82, 2.24) is 0 Å². The molecule has 0 atom stereocenters. The highest BCUT2D eigenvalue weighted by molar-refractivity contribution is 5.27. The molecule has 0 aliphatic rings. The van der Waals surface area contributed by atoms with Gasteiger partial charge >= 0.3 is 6.61 Å². The highest BCUT2D eigenvalue weighted by Gasteiger charge is 2.03. The summed E-state index contributed by atoms with van der Waals surface area (Å²) >= 11 is 0. The van der Waals surface area contributed by atoms with Crippen LogP contribution in [0.1, 0.15) is 5.56 Å². The van der Waals surface area contributed by atoms with Crippen molar-refractivity contribution in [2.45, 2.75) is 13.2 Å². The molecule has 0 amide bonds. The molecule has 2 rings (SSSR count). The van der Waals surface area contributed by atoms with Crippen molar-refractivity contribution in [3.05, 3.63) is 60.2 Å². The van der Waals surface area contributed by atoms with Crippen LogP contribution in [0.3, 0.4) is 0 Å². The molecule has 0 bridgehead atoms. The average Bonchev–Trinajstić information content (AvgIpc) is 2.38. The Balaban J connectivity index is 1.90. The number of alkyl halides is 2. The van der Waals surface area contributed by atoms with Crippen molar-refractivity contribution in [1.29, 1.82) is 0 Å². The molecule has 2 nitrogen and oxygen atoms in total. The second kappa shape index (κ2) is 6.00. The second-order valence-electron chi connectivity index (χ2n) is 3.55. The Morgan fingerprint density at radius 1 is 1.06 bits per heavy atom. The number of halogens is 2. The fraction of sp³-hybridized carbons (Fsp3) is 0.143.